The lowest BCUT2D eigenvalue weighted by Gasteiger charge is -2.21. The highest BCUT2D eigenvalue weighted by Gasteiger charge is 2.30. The van der Waals surface area contributed by atoms with Gasteiger partial charge in [0.05, 0.1) is 11.9 Å². The first kappa shape index (κ1) is 17.4. The van der Waals surface area contributed by atoms with E-state index in [9.17, 15) is 17.9 Å². The van der Waals surface area contributed by atoms with Crippen LogP contribution in [-0.4, -0.2) is 33.5 Å². The number of para-hydroxylation sites is 1. The van der Waals surface area contributed by atoms with Gasteiger partial charge >= 0.3 is 17.7 Å². The molecule has 0 aliphatic rings. The van der Waals surface area contributed by atoms with Crippen LogP contribution >= 0.6 is 7.60 Å². The van der Waals surface area contributed by atoms with Crippen LogP contribution in [0, 0.1) is 0 Å². The Morgan fingerprint density at radius 2 is 1.75 bits per heavy atom. The summed E-state index contributed by atoms with van der Waals surface area (Å²) in [5.41, 5.74) is 0. The van der Waals surface area contributed by atoms with Crippen molar-refractivity contribution in [3.63, 3.8) is 0 Å². The Bertz CT molecular complexity index is 581. The Kier molecular flexibility index (Phi) is 5.57. The van der Waals surface area contributed by atoms with Crippen LogP contribution in [0.5, 0.6) is 5.75 Å². The van der Waals surface area contributed by atoms with Gasteiger partial charge < -0.3 is 13.3 Å². The average Bonchev–Trinajstić information content (AvgIpc) is 2.24. The van der Waals surface area contributed by atoms with Crippen molar-refractivity contribution in [1.82, 2.24) is 0 Å². The monoisotopic (exact) mass is 338 g/mol. The van der Waals surface area contributed by atoms with Crippen LogP contribution in [0.3, 0.4) is 0 Å². The second-order valence-electron chi connectivity index (χ2n) is 5.22. The molecule has 1 atom stereocenters. The highest BCUT2D eigenvalue weighted by Crippen LogP contribution is 2.44. The van der Waals surface area contributed by atoms with Crippen molar-refractivity contribution in [1.29, 1.82) is 0 Å². The summed E-state index contributed by atoms with van der Waals surface area (Å²) >= 11 is 0. The van der Waals surface area contributed by atoms with Crippen LogP contribution < -0.4 is 4.18 Å². The fraction of sp³-hybridized carbons (Fsp3) is 0.455. The first-order valence-electron chi connectivity index (χ1n) is 5.99. The Hall–Kier alpha value is -0.663. The van der Waals surface area contributed by atoms with Gasteiger partial charge in [-0.25, -0.2) is 0 Å². The Labute approximate surface area is 120 Å². The van der Waals surface area contributed by atoms with E-state index in [-0.39, 0.29) is 5.75 Å². The van der Waals surface area contributed by atoms with Gasteiger partial charge in [-0.3, -0.25) is 4.57 Å². The SMILES string of the molecule is C[Si](C)(C)OP(=O)(O)CCS(=O)(=O)Oc1ccccc1. The molecule has 6 nitrogen and oxygen atoms in total. The predicted octanol–water partition coefficient (Wildman–Crippen LogP) is 2.43. The molecular weight excluding hydrogens is 319 g/mol. The molecule has 1 aromatic carbocycles. The molecule has 0 saturated carbocycles. The van der Waals surface area contributed by atoms with Gasteiger partial charge in [0.15, 0.2) is 8.32 Å². The largest absolute Gasteiger partial charge is 0.382 e. The fourth-order valence-electron chi connectivity index (χ4n) is 1.37. The van der Waals surface area contributed by atoms with E-state index in [1.54, 1.807) is 37.8 Å². The number of hydrogen-bond acceptors (Lipinski definition) is 5. The standard InChI is InChI=1S/C11H19O6PSSi/c1-20(2,3)17-18(12,13)9-10-19(14,15)16-11-7-5-4-6-8-11/h4-8H,9-10H2,1-3H3,(H,12,13). The molecule has 0 heterocycles. The quantitative estimate of drug-likeness (QED) is 0.466. The maximum atomic E-state index is 11.8. The summed E-state index contributed by atoms with van der Waals surface area (Å²) < 4.78 is 45.1. The fourth-order valence-corrected chi connectivity index (χ4v) is 7.46. The lowest BCUT2D eigenvalue weighted by molar-refractivity contribution is 0.378. The summed E-state index contributed by atoms with van der Waals surface area (Å²) in [5, 5.41) is 0. The Morgan fingerprint density at radius 1 is 1.20 bits per heavy atom. The summed E-state index contributed by atoms with van der Waals surface area (Å²) in [6, 6.07) is 7.98. The number of rotatable bonds is 7. The molecule has 0 fully saturated rings. The summed E-state index contributed by atoms with van der Waals surface area (Å²) in [4.78, 5) is 9.63. The first-order chi connectivity index (χ1) is 8.99. The molecule has 114 valence electrons. The second-order valence-corrected chi connectivity index (χ2v) is 13.6. The second kappa shape index (κ2) is 6.40. The highest BCUT2D eigenvalue weighted by molar-refractivity contribution is 7.87. The van der Waals surface area contributed by atoms with Crippen LogP contribution in [0.4, 0.5) is 0 Å². The van der Waals surface area contributed by atoms with Gasteiger partial charge in [-0.05, 0) is 31.8 Å². The predicted molar refractivity (Wildman–Crippen MR) is 80.0 cm³/mol. The van der Waals surface area contributed by atoms with E-state index in [4.69, 9.17) is 8.40 Å². The van der Waals surface area contributed by atoms with Crippen LogP contribution in [0.1, 0.15) is 0 Å². The molecule has 0 aliphatic carbocycles. The third-order valence-electron chi connectivity index (χ3n) is 2.01. The molecule has 0 aromatic heterocycles. The van der Waals surface area contributed by atoms with Crippen molar-refractivity contribution in [3.8, 4) is 5.75 Å². The Morgan fingerprint density at radius 3 is 2.25 bits per heavy atom. The van der Waals surface area contributed by atoms with E-state index in [1.807, 2.05) is 0 Å². The van der Waals surface area contributed by atoms with Crippen molar-refractivity contribution >= 4 is 26.0 Å². The van der Waals surface area contributed by atoms with Crippen molar-refractivity contribution in [3.05, 3.63) is 30.3 Å². The van der Waals surface area contributed by atoms with E-state index in [0.717, 1.165) is 0 Å². The van der Waals surface area contributed by atoms with E-state index >= 15 is 0 Å². The molecule has 1 rings (SSSR count). The Balaban J connectivity index is 2.62. The summed E-state index contributed by atoms with van der Waals surface area (Å²) in [7, 11) is -10.0. The van der Waals surface area contributed by atoms with Crippen LogP contribution in [0.2, 0.25) is 19.6 Å². The number of hydrogen-bond donors (Lipinski definition) is 1. The van der Waals surface area contributed by atoms with Crippen molar-refractivity contribution in [2.75, 3.05) is 11.9 Å². The van der Waals surface area contributed by atoms with Gasteiger partial charge in [-0.1, -0.05) is 18.2 Å². The van der Waals surface area contributed by atoms with Crippen molar-refractivity contribution < 1.29 is 26.3 Å². The molecule has 0 saturated heterocycles. The zero-order chi connectivity index (χ0) is 15.4. The van der Waals surface area contributed by atoms with Crippen LogP contribution in [0.15, 0.2) is 30.3 Å². The van der Waals surface area contributed by atoms with Gasteiger partial charge in [0.2, 0.25) is 0 Å². The zero-order valence-electron chi connectivity index (χ0n) is 11.6. The van der Waals surface area contributed by atoms with Crippen LogP contribution in [-0.2, 0) is 18.9 Å². The van der Waals surface area contributed by atoms with Crippen molar-refractivity contribution in [2.24, 2.45) is 0 Å². The zero-order valence-corrected chi connectivity index (χ0v) is 14.4. The molecule has 0 bridgehead atoms. The maximum absolute atomic E-state index is 11.8. The average molecular weight is 338 g/mol. The van der Waals surface area contributed by atoms with Crippen molar-refractivity contribution in [2.45, 2.75) is 19.6 Å². The summed E-state index contributed by atoms with van der Waals surface area (Å²) in [6.07, 6.45) is -0.480. The normalized spacial score (nSPS) is 15.6. The molecule has 9 heteroatoms. The third-order valence-corrected chi connectivity index (χ3v) is 7.58. The minimum Gasteiger partial charge on any atom is -0.382 e. The molecule has 0 aliphatic heterocycles. The van der Waals surface area contributed by atoms with E-state index in [0.29, 0.717) is 0 Å². The smallest absolute Gasteiger partial charge is 0.319 e. The molecule has 20 heavy (non-hydrogen) atoms. The summed E-state index contributed by atoms with van der Waals surface area (Å²) in [5.74, 6) is -0.397. The lowest BCUT2D eigenvalue weighted by atomic mass is 10.3. The number of benzene rings is 1. The highest BCUT2D eigenvalue weighted by atomic mass is 32.2. The molecule has 1 aromatic rings. The molecule has 0 amide bonds. The third kappa shape index (κ3) is 7.21. The summed E-state index contributed by atoms with van der Waals surface area (Å²) in [6.45, 7) is 5.26. The van der Waals surface area contributed by atoms with Gasteiger partial charge in [0.1, 0.15) is 5.75 Å². The van der Waals surface area contributed by atoms with Gasteiger partial charge in [-0.15, -0.1) is 0 Å². The molecule has 0 spiro atoms. The van der Waals surface area contributed by atoms with Gasteiger partial charge in [0.25, 0.3) is 0 Å². The van der Waals surface area contributed by atoms with Crippen LogP contribution in [0.25, 0.3) is 0 Å². The first-order valence-corrected chi connectivity index (χ1v) is 12.7. The maximum Gasteiger partial charge on any atom is 0.319 e. The molecule has 0 radical (unpaired) electrons. The minimum absolute atomic E-state index is 0.173. The van der Waals surface area contributed by atoms with E-state index in [1.165, 1.54) is 12.1 Å². The topological polar surface area (TPSA) is 89.9 Å². The molecule has 1 N–H and O–H groups in total. The molecular formula is C11H19O6PSSi. The van der Waals surface area contributed by atoms with Gasteiger partial charge in [0, 0.05) is 0 Å². The molecule has 1 unspecified atom stereocenters. The van der Waals surface area contributed by atoms with Gasteiger partial charge in [-0.2, -0.15) is 8.42 Å². The lowest BCUT2D eigenvalue weighted by Crippen LogP contribution is -2.26. The van der Waals surface area contributed by atoms with E-state index in [2.05, 4.69) is 0 Å². The minimum atomic E-state index is -3.92. The van der Waals surface area contributed by atoms with E-state index < -0.39 is 37.9 Å².